The van der Waals surface area contributed by atoms with E-state index in [0.29, 0.717) is 6.54 Å². The Morgan fingerprint density at radius 1 is 0.909 bits per heavy atom. The van der Waals surface area contributed by atoms with Gasteiger partial charge in [0, 0.05) is 31.1 Å². The minimum Gasteiger partial charge on any atom is -0.394 e. The molecule has 16 unspecified atom stereocenters. The maximum atomic E-state index is 12.6. The second-order valence-electron chi connectivity index (χ2n) is 12.6. The summed E-state index contributed by atoms with van der Waals surface area (Å²) in [6.45, 7) is -0.724. The van der Waals surface area contributed by atoms with Gasteiger partial charge in [-0.25, -0.2) is 0 Å². The second kappa shape index (κ2) is 15.2. The van der Waals surface area contributed by atoms with Gasteiger partial charge in [-0.05, 0) is 31.7 Å². The van der Waals surface area contributed by atoms with Crippen LogP contribution in [0.2, 0.25) is 0 Å². The number of aliphatic hydroxyl groups is 7. The first-order chi connectivity index (χ1) is 20.8. The van der Waals surface area contributed by atoms with Crippen LogP contribution in [0.5, 0.6) is 0 Å². The van der Waals surface area contributed by atoms with Gasteiger partial charge in [-0.2, -0.15) is 0 Å². The maximum absolute atomic E-state index is 12.6. The van der Waals surface area contributed by atoms with E-state index >= 15 is 0 Å². The van der Waals surface area contributed by atoms with Gasteiger partial charge in [0.25, 0.3) is 0 Å². The third-order valence-electron chi connectivity index (χ3n) is 9.54. The van der Waals surface area contributed by atoms with Crippen molar-refractivity contribution >= 4 is 5.91 Å². The third-order valence-corrected chi connectivity index (χ3v) is 9.54. The number of carbonyl (C=O) groups excluding carboxylic acids is 1. The average molecular weight is 638 g/mol. The normalized spacial score (nSPS) is 48.8. The highest BCUT2D eigenvalue weighted by Gasteiger charge is 2.56. The number of carbonyl (C=O) groups is 1. The molecule has 256 valence electrons. The first-order valence-corrected chi connectivity index (χ1v) is 15.2. The van der Waals surface area contributed by atoms with Crippen molar-refractivity contribution in [2.75, 3.05) is 26.2 Å². The smallest absolute Gasteiger partial charge is 0.250 e. The van der Waals surface area contributed by atoms with Crippen LogP contribution in [0.1, 0.15) is 19.3 Å². The minimum absolute atomic E-state index is 0.0354. The van der Waals surface area contributed by atoms with E-state index in [9.17, 15) is 40.5 Å². The van der Waals surface area contributed by atoms with Crippen LogP contribution in [-0.2, 0) is 19.0 Å². The monoisotopic (exact) mass is 637 g/mol. The first kappa shape index (κ1) is 35.7. The van der Waals surface area contributed by atoms with E-state index < -0.39 is 110 Å². The van der Waals surface area contributed by atoms with E-state index in [4.69, 9.17) is 42.9 Å². The Bertz CT molecular complexity index is 937. The van der Waals surface area contributed by atoms with Crippen molar-refractivity contribution in [3.63, 3.8) is 0 Å². The van der Waals surface area contributed by atoms with Gasteiger partial charge in [0.2, 0.25) is 5.91 Å². The summed E-state index contributed by atoms with van der Waals surface area (Å²) in [7, 11) is 0. The Kier molecular flexibility index (Phi) is 12.3. The molecule has 2 aliphatic carbocycles. The standard InChI is InChI=1S/C26H51N7O11/c27-4-12(35)25(41)33-11-3-10(30)15(20(38)23(11)44-26-21(39)16(31)18(36)14(7-34)43-26)24-17(32-6-8-1-9(29)2-8)22(40)19(37)13(5-28)42-24/h8-24,26,32,34-40H,1-7,27-31H2,(H,33,41). The van der Waals surface area contributed by atoms with Crippen LogP contribution < -0.4 is 39.3 Å². The van der Waals surface area contributed by atoms with Crippen molar-refractivity contribution in [1.29, 1.82) is 0 Å². The summed E-state index contributed by atoms with van der Waals surface area (Å²) >= 11 is 0. The Labute approximate surface area is 255 Å². The molecule has 0 aromatic rings. The van der Waals surface area contributed by atoms with Crippen molar-refractivity contribution in [3.05, 3.63) is 0 Å². The minimum atomic E-state index is -1.60. The van der Waals surface area contributed by atoms with Crippen LogP contribution in [0.15, 0.2) is 0 Å². The lowest BCUT2D eigenvalue weighted by Gasteiger charge is -2.53. The van der Waals surface area contributed by atoms with Crippen molar-refractivity contribution in [1.82, 2.24) is 10.6 Å². The predicted octanol–water partition coefficient (Wildman–Crippen LogP) is -8.21. The Morgan fingerprint density at radius 2 is 1.59 bits per heavy atom. The number of amides is 1. The van der Waals surface area contributed by atoms with Crippen LogP contribution in [-0.4, -0.2) is 165 Å². The largest absolute Gasteiger partial charge is 0.394 e. The van der Waals surface area contributed by atoms with Gasteiger partial charge in [0.15, 0.2) is 6.29 Å². The zero-order valence-electron chi connectivity index (χ0n) is 24.5. The van der Waals surface area contributed by atoms with Gasteiger partial charge in [-0.1, -0.05) is 0 Å². The van der Waals surface area contributed by atoms with Crippen molar-refractivity contribution in [3.8, 4) is 0 Å². The molecule has 2 heterocycles. The van der Waals surface area contributed by atoms with E-state index in [1.165, 1.54) is 0 Å². The molecule has 0 bridgehead atoms. The molecule has 2 saturated carbocycles. The van der Waals surface area contributed by atoms with E-state index in [1.54, 1.807) is 0 Å². The van der Waals surface area contributed by atoms with Gasteiger partial charge in [0.05, 0.1) is 43.0 Å². The summed E-state index contributed by atoms with van der Waals surface area (Å²) in [4.78, 5) is 12.6. The summed E-state index contributed by atoms with van der Waals surface area (Å²) in [5, 5.41) is 80.3. The number of ether oxygens (including phenoxy) is 3. The van der Waals surface area contributed by atoms with Crippen LogP contribution in [0.4, 0.5) is 0 Å². The Balaban J connectivity index is 1.63. The van der Waals surface area contributed by atoms with E-state index in [1.807, 2.05) is 0 Å². The molecule has 4 fully saturated rings. The van der Waals surface area contributed by atoms with Crippen molar-refractivity contribution in [2.24, 2.45) is 40.5 Å². The molecule has 0 aromatic heterocycles. The number of nitrogens with two attached hydrogens (primary N) is 5. The van der Waals surface area contributed by atoms with Crippen LogP contribution in [0, 0.1) is 11.8 Å². The molecule has 4 aliphatic rings. The van der Waals surface area contributed by atoms with Crippen molar-refractivity contribution < 1.29 is 54.8 Å². The molecule has 16 atom stereocenters. The number of hydrogen-bond donors (Lipinski definition) is 14. The SMILES string of the molecule is NCC(O)C(=O)NC1CC(N)C(C2OC(CN)C(O)C(O)C2NCC2CC(N)C2)C(O)C1OC1OC(CO)C(O)C(N)C1O. The highest BCUT2D eigenvalue weighted by molar-refractivity contribution is 5.81. The molecule has 2 aliphatic heterocycles. The summed E-state index contributed by atoms with van der Waals surface area (Å²) < 4.78 is 17.8. The van der Waals surface area contributed by atoms with Gasteiger partial charge >= 0.3 is 0 Å². The fraction of sp³-hybridized carbons (Fsp3) is 0.962. The highest BCUT2D eigenvalue weighted by Crippen LogP contribution is 2.37. The molecule has 44 heavy (non-hydrogen) atoms. The summed E-state index contributed by atoms with van der Waals surface area (Å²) in [6, 6.07) is -4.04. The van der Waals surface area contributed by atoms with Gasteiger partial charge < -0.3 is 89.3 Å². The lowest BCUT2D eigenvalue weighted by atomic mass is 9.71. The fourth-order valence-corrected chi connectivity index (χ4v) is 6.83. The van der Waals surface area contributed by atoms with Gasteiger partial charge in [-0.3, -0.25) is 4.79 Å². The fourth-order valence-electron chi connectivity index (χ4n) is 6.83. The number of hydrogen-bond acceptors (Lipinski definition) is 17. The molecule has 1 amide bonds. The molecule has 18 nitrogen and oxygen atoms in total. The first-order valence-electron chi connectivity index (χ1n) is 15.2. The lowest BCUT2D eigenvalue weighted by Crippen LogP contribution is -2.73. The Morgan fingerprint density at radius 3 is 2.18 bits per heavy atom. The molecule has 0 radical (unpaired) electrons. The third kappa shape index (κ3) is 7.36. The molecule has 19 N–H and O–H groups in total. The molecule has 18 heteroatoms. The summed E-state index contributed by atoms with van der Waals surface area (Å²) in [5.74, 6) is -1.61. The molecule has 4 rings (SSSR count). The van der Waals surface area contributed by atoms with E-state index in [2.05, 4.69) is 10.6 Å². The van der Waals surface area contributed by atoms with Crippen molar-refractivity contribution in [2.45, 2.75) is 117 Å². The molecule has 0 aromatic carbocycles. The second-order valence-corrected chi connectivity index (χ2v) is 12.6. The number of aliphatic hydroxyl groups excluding tert-OH is 7. The topological polar surface area (TPSA) is 341 Å². The zero-order valence-corrected chi connectivity index (χ0v) is 24.5. The van der Waals surface area contributed by atoms with Crippen LogP contribution in [0.3, 0.4) is 0 Å². The molecular formula is C26H51N7O11. The number of nitrogens with one attached hydrogen (secondary N) is 2. The highest BCUT2D eigenvalue weighted by atomic mass is 16.7. The Hall–Kier alpha value is -1.17. The lowest BCUT2D eigenvalue weighted by molar-refractivity contribution is -0.307. The summed E-state index contributed by atoms with van der Waals surface area (Å²) in [5.41, 5.74) is 29.7. The maximum Gasteiger partial charge on any atom is 0.250 e. The van der Waals surface area contributed by atoms with E-state index in [-0.39, 0.29) is 31.5 Å². The quantitative estimate of drug-likeness (QED) is 0.0999. The molecule has 2 saturated heterocycles. The molecule has 0 spiro atoms. The number of rotatable bonds is 11. The van der Waals surface area contributed by atoms with Gasteiger partial charge in [0.1, 0.15) is 42.7 Å². The average Bonchev–Trinajstić information content (AvgIpc) is 2.98. The van der Waals surface area contributed by atoms with Crippen LogP contribution >= 0.6 is 0 Å². The summed E-state index contributed by atoms with van der Waals surface area (Å²) in [6.07, 6.45) is -13.5. The van der Waals surface area contributed by atoms with Crippen LogP contribution in [0.25, 0.3) is 0 Å². The van der Waals surface area contributed by atoms with Gasteiger partial charge in [-0.15, -0.1) is 0 Å². The predicted molar refractivity (Wildman–Crippen MR) is 152 cm³/mol. The van der Waals surface area contributed by atoms with E-state index in [0.717, 1.165) is 12.8 Å². The zero-order chi connectivity index (χ0) is 32.5. The molecular weight excluding hydrogens is 586 g/mol.